The fraction of sp³-hybridized carbons (Fsp3) is 0.977. The van der Waals surface area contributed by atoms with Crippen LogP contribution in [0, 0.1) is 23.2 Å². The number of ether oxygens (including phenoxy) is 6. The molecule has 17 atom stereocenters. The van der Waals surface area contributed by atoms with Gasteiger partial charge in [-0.3, -0.25) is 4.79 Å². The Balaban J connectivity index is 2.13. The van der Waals surface area contributed by atoms with Crippen molar-refractivity contribution in [2.75, 3.05) is 40.8 Å². The normalized spacial score (nSPS) is 45.0. The quantitative estimate of drug-likeness (QED) is 0.116. The van der Waals surface area contributed by atoms with E-state index in [1.165, 1.54) is 6.92 Å². The Morgan fingerprint density at radius 1 is 0.948 bits per heavy atom. The molecule has 3 fully saturated rings. The summed E-state index contributed by atoms with van der Waals surface area (Å²) in [6, 6.07) is -0.259. The maximum atomic E-state index is 14.4. The number of cyclic esters (lactones) is 1. The third-order valence-electron chi connectivity index (χ3n) is 13.8. The van der Waals surface area contributed by atoms with E-state index >= 15 is 0 Å². The van der Waals surface area contributed by atoms with Crippen LogP contribution in [0.2, 0.25) is 0 Å². The van der Waals surface area contributed by atoms with Crippen LogP contribution in [-0.2, 0) is 33.2 Å². The average molecular weight is 832 g/mol. The molecule has 3 rings (SSSR count). The maximum absolute atomic E-state index is 14.4. The molecular formula is C44H85N3O11. The highest BCUT2D eigenvalue weighted by atomic mass is 16.7. The number of unbranched alkanes of at least 4 members (excludes halogenated alkanes) is 2. The summed E-state index contributed by atoms with van der Waals surface area (Å²) < 4.78 is 39.1. The van der Waals surface area contributed by atoms with Crippen LogP contribution in [0.4, 0.5) is 0 Å². The van der Waals surface area contributed by atoms with E-state index in [-0.39, 0.29) is 43.5 Å². The van der Waals surface area contributed by atoms with Crippen molar-refractivity contribution in [3.05, 3.63) is 0 Å². The second-order valence-corrected chi connectivity index (χ2v) is 19.5. The van der Waals surface area contributed by atoms with Gasteiger partial charge in [-0.15, -0.1) is 0 Å². The van der Waals surface area contributed by atoms with Crippen molar-refractivity contribution >= 4 is 5.97 Å². The monoisotopic (exact) mass is 832 g/mol. The summed E-state index contributed by atoms with van der Waals surface area (Å²) in [6.07, 6.45) is -2.62. The smallest absolute Gasteiger partial charge is 0.311 e. The van der Waals surface area contributed by atoms with E-state index in [9.17, 15) is 25.2 Å². The number of nitrogens with one attached hydrogen (secondary N) is 2. The minimum atomic E-state index is -1.74. The molecule has 3 aliphatic heterocycles. The molecule has 6 N–H and O–H groups in total. The van der Waals surface area contributed by atoms with E-state index in [2.05, 4.69) is 38.3 Å². The van der Waals surface area contributed by atoms with Gasteiger partial charge in [0, 0.05) is 44.6 Å². The van der Waals surface area contributed by atoms with Gasteiger partial charge in [0.25, 0.3) is 0 Å². The van der Waals surface area contributed by atoms with Crippen LogP contribution in [0.3, 0.4) is 0 Å². The topological polar surface area (TPSA) is 181 Å². The molecule has 0 aromatic rings. The van der Waals surface area contributed by atoms with Crippen molar-refractivity contribution in [1.82, 2.24) is 15.5 Å². The van der Waals surface area contributed by atoms with Crippen LogP contribution in [0.25, 0.3) is 0 Å². The van der Waals surface area contributed by atoms with Gasteiger partial charge < -0.3 is 64.4 Å². The Morgan fingerprint density at radius 3 is 2.19 bits per heavy atom. The SMILES string of the molecule is CCCCCNC[C@@]1(O)[C@H](C)O[C@H](O[C@@H]2[C@H](C)[C@@H](O[C@@H]3O[C@H](C)C[C@H](N(C)C)[C@H]3O)C(C)(C)C[C@@H](C)NC[C@H](C)[C@@H](O)[C@](C)(O)[C@@H](CC)OC(=O)[C@@H]2C)C[C@]1(C)OC. The summed E-state index contributed by atoms with van der Waals surface area (Å²) in [7, 11) is 5.45. The number of carbonyl (C=O) groups excluding carboxylic acids is 1. The highest BCUT2D eigenvalue weighted by Gasteiger charge is 2.58. The van der Waals surface area contributed by atoms with Crippen LogP contribution >= 0.6 is 0 Å². The summed E-state index contributed by atoms with van der Waals surface area (Å²) in [5.41, 5.74) is -4.83. The molecule has 0 aliphatic carbocycles. The van der Waals surface area contributed by atoms with Gasteiger partial charge >= 0.3 is 5.97 Å². The van der Waals surface area contributed by atoms with Crippen molar-refractivity contribution < 1.29 is 53.6 Å². The summed E-state index contributed by atoms with van der Waals surface area (Å²) in [4.78, 5) is 16.4. The lowest BCUT2D eigenvalue weighted by Crippen LogP contribution is -2.70. The number of hydrogen-bond acceptors (Lipinski definition) is 14. The van der Waals surface area contributed by atoms with Gasteiger partial charge in [-0.05, 0) is 99.2 Å². The third-order valence-corrected chi connectivity index (χ3v) is 13.8. The molecule has 0 unspecified atom stereocenters. The van der Waals surface area contributed by atoms with Gasteiger partial charge in [0.2, 0.25) is 0 Å². The first-order valence-electron chi connectivity index (χ1n) is 22.2. The lowest BCUT2D eigenvalue weighted by atomic mass is 9.72. The summed E-state index contributed by atoms with van der Waals surface area (Å²) in [6.45, 7) is 24.4. The average Bonchev–Trinajstić information content (AvgIpc) is 3.15. The molecule has 0 aromatic heterocycles. The summed E-state index contributed by atoms with van der Waals surface area (Å²) in [5, 5.41) is 54.1. The van der Waals surface area contributed by atoms with Gasteiger partial charge in [0.15, 0.2) is 12.6 Å². The molecule has 342 valence electrons. The van der Waals surface area contributed by atoms with Crippen LogP contribution in [-0.4, -0.2) is 156 Å². The molecule has 0 bridgehead atoms. The number of aliphatic hydroxyl groups excluding tert-OH is 2. The largest absolute Gasteiger partial charge is 0.459 e. The predicted octanol–water partition coefficient (Wildman–Crippen LogP) is 3.98. The van der Waals surface area contributed by atoms with Crippen molar-refractivity contribution in [3.8, 4) is 0 Å². The van der Waals surface area contributed by atoms with Crippen molar-refractivity contribution in [3.63, 3.8) is 0 Å². The number of rotatable bonds is 13. The Bertz CT molecular complexity index is 1260. The van der Waals surface area contributed by atoms with Crippen molar-refractivity contribution in [2.24, 2.45) is 23.2 Å². The first-order chi connectivity index (χ1) is 26.9. The Kier molecular flexibility index (Phi) is 18.9. The zero-order valence-electron chi connectivity index (χ0n) is 38.7. The van der Waals surface area contributed by atoms with Crippen molar-refractivity contribution in [1.29, 1.82) is 0 Å². The highest BCUT2D eigenvalue weighted by molar-refractivity contribution is 5.73. The minimum Gasteiger partial charge on any atom is -0.459 e. The zero-order valence-corrected chi connectivity index (χ0v) is 38.7. The van der Waals surface area contributed by atoms with Crippen LogP contribution in [0.5, 0.6) is 0 Å². The van der Waals surface area contributed by atoms with Crippen LogP contribution < -0.4 is 10.6 Å². The molecular weight excluding hydrogens is 746 g/mol. The molecule has 58 heavy (non-hydrogen) atoms. The van der Waals surface area contributed by atoms with E-state index in [1.54, 1.807) is 14.0 Å². The number of carbonyl (C=O) groups is 1. The summed E-state index contributed by atoms with van der Waals surface area (Å²) in [5.74, 6) is -2.43. The molecule has 3 heterocycles. The number of esters is 1. The standard InChI is InChI=1S/C44H85N3O11/c1-16-18-19-20-45-25-44(52)31(8)55-34(23-42(44,11)53-15)57-36-29(6)38(58-40-35(48)32(47(13)14)21-28(5)54-40)41(9,10)22-27(4)46-24-26(3)37(49)43(12,51)33(17-2)56-39(50)30(36)7/h26-38,40,45-46,48-49,51-52H,16-25H2,1-15H3/t26-,27+,28+,29-,30+,31-,32-,33+,34+,35+,36+,37+,38+,40-,42-,43+,44+/m0/s1. The summed E-state index contributed by atoms with van der Waals surface area (Å²) >= 11 is 0. The lowest BCUT2D eigenvalue weighted by molar-refractivity contribution is -0.334. The van der Waals surface area contributed by atoms with Gasteiger partial charge in [-0.2, -0.15) is 0 Å². The van der Waals surface area contributed by atoms with E-state index in [4.69, 9.17) is 28.4 Å². The molecule has 0 amide bonds. The number of methoxy groups -OCH3 is 1. The van der Waals surface area contributed by atoms with E-state index in [0.29, 0.717) is 19.4 Å². The van der Waals surface area contributed by atoms with Gasteiger partial charge in [-0.1, -0.05) is 54.4 Å². The number of nitrogens with zero attached hydrogens (tertiary/aromatic N) is 1. The first kappa shape index (κ1) is 51.3. The fourth-order valence-corrected chi connectivity index (χ4v) is 9.87. The molecule has 3 saturated heterocycles. The minimum absolute atomic E-state index is 0.0569. The second kappa shape index (κ2) is 21.4. The predicted molar refractivity (Wildman–Crippen MR) is 224 cm³/mol. The molecule has 14 nitrogen and oxygen atoms in total. The van der Waals surface area contributed by atoms with Gasteiger partial charge in [-0.25, -0.2) is 0 Å². The molecule has 14 heteroatoms. The van der Waals surface area contributed by atoms with Crippen LogP contribution in [0.1, 0.15) is 128 Å². The van der Waals surface area contributed by atoms with Crippen LogP contribution in [0.15, 0.2) is 0 Å². The molecule has 0 saturated carbocycles. The fourth-order valence-electron chi connectivity index (χ4n) is 9.87. The molecule has 0 radical (unpaired) electrons. The Labute approximate surface area is 350 Å². The van der Waals surface area contributed by atoms with E-state index in [0.717, 1.165) is 25.8 Å². The number of likely N-dealkylation sites (N-methyl/N-ethyl adjacent to an activating group) is 1. The molecule has 0 aromatic carbocycles. The number of hydrogen-bond donors (Lipinski definition) is 6. The number of aliphatic hydroxyl groups is 4. The Hall–Kier alpha value is -1.01. The van der Waals surface area contributed by atoms with Gasteiger partial charge in [0.1, 0.15) is 29.0 Å². The highest BCUT2D eigenvalue weighted by Crippen LogP contribution is 2.44. The lowest BCUT2D eigenvalue weighted by Gasteiger charge is -2.54. The second-order valence-electron chi connectivity index (χ2n) is 19.5. The van der Waals surface area contributed by atoms with E-state index in [1.807, 2.05) is 60.5 Å². The van der Waals surface area contributed by atoms with Crippen molar-refractivity contribution in [2.45, 2.75) is 212 Å². The zero-order chi connectivity index (χ0) is 44.0. The van der Waals surface area contributed by atoms with Gasteiger partial charge in [0.05, 0.1) is 36.4 Å². The first-order valence-corrected chi connectivity index (χ1v) is 22.2. The molecule has 3 aliphatic rings. The Morgan fingerprint density at radius 2 is 1.60 bits per heavy atom. The van der Waals surface area contributed by atoms with E-state index < -0.39 is 89.2 Å². The maximum Gasteiger partial charge on any atom is 0.311 e. The molecule has 0 spiro atoms. The third kappa shape index (κ3) is 11.9.